The Labute approximate surface area is 145 Å². The molecule has 25 heavy (non-hydrogen) atoms. The lowest BCUT2D eigenvalue weighted by molar-refractivity contribution is -0.384. The lowest BCUT2D eigenvalue weighted by atomic mass is 10.1. The number of benzene rings is 1. The van der Waals surface area contributed by atoms with Gasteiger partial charge in [-0.3, -0.25) is 14.9 Å². The van der Waals surface area contributed by atoms with E-state index in [0.29, 0.717) is 26.2 Å². The van der Waals surface area contributed by atoms with Gasteiger partial charge in [0.2, 0.25) is 5.91 Å². The third-order valence-corrected chi connectivity index (χ3v) is 4.24. The summed E-state index contributed by atoms with van der Waals surface area (Å²) in [4.78, 5) is 26.6. The zero-order valence-electron chi connectivity index (χ0n) is 14.0. The Hall–Kier alpha value is -3.03. The van der Waals surface area contributed by atoms with Crippen molar-refractivity contribution in [3.63, 3.8) is 0 Å². The molecular formula is C17H19N5O3. The lowest BCUT2D eigenvalue weighted by Crippen LogP contribution is -2.49. The van der Waals surface area contributed by atoms with Gasteiger partial charge in [-0.2, -0.15) is 5.10 Å². The second-order valence-corrected chi connectivity index (χ2v) is 6.00. The van der Waals surface area contributed by atoms with Gasteiger partial charge in [0.1, 0.15) is 0 Å². The summed E-state index contributed by atoms with van der Waals surface area (Å²) in [5.41, 5.74) is 1.69. The topological polar surface area (TPSA) is 92.5 Å². The second-order valence-electron chi connectivity index (χ2n) is 6.00. The van der Waals surface area contributed by atoms with Gasteiger partial charge in [0.05, 0.1) is 17.0 Å². The highest BCUT2D eigenvalue weighted by Gasteiger charge is 2.22. The van der Waals surface area contributed by atoms with E-state index in [9.17, 15) is 14.9 Å². The molecule has 1 aromatic heterocycles. The maximum atomic E-state index is 12.4. The highest BCUT2D eigenvalue weighted by atomic mass is 16.6. The number of rotatable bonds is 4. The number of hydrogen-bond acceptors (Lipinski definition) is 6. The number of piperazine rings is 1. The summed E-state index contributed by atoms with van der Waals surface area (Å²) in [5.74, 6) is 0.858. The summed E-state index contributed by atoms with van der Waals surface area (Å²) >= 11 is 0. The van der Waals surface area contributed by atoms with Crippen LogP contribution in [-0.4, -0.2) is 52.1 Å². The summed E-state index contributed by atoms with van der Waals surface area (Å²) in [7, 11) is 0. The molecule has 1 aliphatic heterocycles. The number of hydrogen-bond donors (Lipinski definition) is 0. The molecular weight excluding hydrogens is 322 g/mol. The number of carbonyl (C=O) groups is 1. The van der Waals surface area contributed by atoms with Crippen LogP contribution in [-0.2, 0) is 11.2 Å². The van der Waals surface area contributed by atoms with E-state index in [-0.39, 0.29) is 18.0 Å². The standard InChI is InChI=1S/C17H19N5O3/c1-13-2-7-16(19-18-13)20-8-10-21(11-9-20)17(23)12-14-3-5-15(6-4-14)22(24)25/h2-7H,8-12H2,1H3. The number of nitrogens with zero attached hydrogens (tertiary/aromatic N) is 5. The fraction of sp³-hybridized carbons (Fsp3) is 0.353. The van der Waals surface area contributed by atoms with Crippen LogP contribution in [0.15, 0.2) is 36.4 Å². The Morgan fingerprint density at radius 3 is 2.32 bits per heavy atom. The summed E-state index contributed by atoms with van der Waals surface area (Å²) in [5, 5.41) is 18.9. The van der Waals surface area contributed by atoms with E-state index in [2.05, 4.69) is 15.1 Å². The summed E-state index contributed by atoms with van der Waals surface area (Å²) < 4.78 is 0. The largest absolute Gasteiger partial charge is 0.352 e. The minimum atomic E-state index is -0.446. The van der Waals surface area contributed by atoms with Gasteiger partial charge in [-0.25, -0.2) is 0 Å². The molecule has 2 heterocycles. The Morgan fingerprint density at radius 1 is 1.08 bits per heavy atom. The number of aryl methyl sites for hydroxylation is 1. The molecule has 0 atom stereocenters. The van der Waals surface area contributed by atoms with Crippen LogP contribution >= 0.6 is 0 Å². The Morgan fingerprint density at radius 2 is 1.76 bits per heavy atom. The van der Waals surface area contributed by atoms with Crippen LogP contribution < -0.4 is 4.90 Å². The van der Waals surface area contributed by atoms with Crippen LogP contribution in [0.3, 0.4) is 0 Å². The molecule has 2 aromatic rings. The van der Waals surface area contributed by atoms with Gasteiger partial charge in [0, 0.05) is 38.3 Å². The predicted octanol–water partition coefficient (Wildman–Crippen LogP) is 1.58. The van der Waals surface area contributed by atoms with Crippen LogP contribution in [0, 0.1) is 17.0 Å². The van der Waals surface area contributed by atoms with Crippen molar-refractivity contribution in [2.45, 2.75) is 13.3 Å². The molecule has 8 nitrogen and oxygen atoms in total. The van der Waals surface area contributed by atoms with Gasteiger partial charge < -0.3 is 9.80 Å². The normalized spacial score (nSPS) is 14.4. The minimum absolute atomic E-state index is 0.0310. The maximum Gasteiger partial charge on any atom is 0.269 e. The van der Waals surface area contributed by atoms with Crippen LogP contribution in [0.2, 0.25) is 0 Å². The van der Waals surface area contributed by atoms with Crippen molar-refractivity contribution in [1.82, 2.24) is 15.1 Å². The number of nitro groups is 1. The van der Waals surface area contributed by atoms with E-state index >= 15 is 0 Å². The quantitative estimate of drug-likeness (QED) is 0.619. The SMILES string of the molecule is Cc1ccc(N2CCN(C(=O)Cc3ccc([N+](=O)[O-])cc3)CC2)nn1. The lowest BCUT2D eigenvalue weighted by Gasteiger charge is -2.35. The Kier molecular flexibility index (Phi) is 4.87. The van der Waals surface area contributed by atoms with Crippen LogP contribution in [0.1, 0.15) is 11.3 Å². The monoisotopic (exact) mass is 341 g/mol. The molecule has 130 valence electrons. The molecule has 1 saturated heterocycles. The fourth-order valence-electron chi connectivity index (χ4n) is 2.77. The van der Waals surface area contributed by atoms with E-state index in [4.69, 9.17) is 0 Å². The Bertz CT molecular complexity index is 753. The van der Waals surface area contributed by atoms with Gasteiger partial charge in [0.15, 0.2) is 5.82 Å². The minimum Gasteiger partial charge on any atom is -0.352 e. The van der Waals surface area contributed by atoms with Gasteiger partial charge >= 0.3 is 0 Å². The van der Waals surface area contributed by atoms with Crippen molar-refractivity contribution in [3.8, 4) is 0 Å². The molecule has 0 saturated carbocycles. The highest BCUT2D eigenvalue weighted by Crippen LogP contribution is 2.15. The molecule has 1 aliphatic rings. The average molecular weight is 341 g/mol. The molecule has 0 radical (unpaired) electrons. The van der Waals surface area contributed by atoms with Crippen LogP contribution in [0.25, 0.3) is 0 Å². The zero-order valence-corrected chi connectivity index (χ0v) is 14.0. The molecule has 0 N–H and O–H groups in total. The van der Waals surface area contributed by atoms with E-state index in [1.54, 1.807) is 12.1 Å². The van der Waals surface area contributed by atoms with Crippen LogP contribution in [0.4, 0.5) is 11.5 Å². The van der Waals surface area contributed by atoms with Crippen molar-refractivity contribution in [2.75, 3.05) is 31.1 Å². The first-order valence-electron chi connectivity index (χ1n) is 8.09. The molecule has 1 fully saturated rings. The van der Waals surface area contributed by atoms with Gasteiger partial charge in [-0.15, -0.1) is 5.10 Å². The van der Waals surface area contributed by atoms with Crippen LogP contribution in [0.5, 0.6) is 0 Å². The van der Waals surface area contributed by atoms with Crippen molar-refractivity contribution >= 4 is 17.4 Å². The summed E-state index contributed by atoms with van der Waals surface area (Å²) in [6, 6.07) is 9.99. The summed E-state index contributed by atoms with van der Waals surface area (Å²) in [6.07, 6.45) is 0.252. The third-order valence-electron chi connectivity index (χ3n) is 4.24. The molecule has 3 rings (SSSR count). The summed E-state index contributed by atoms with van der Waals surface area (Å²) in [6.45, 7) is 4.57. The van der Waals surface area contributed by atoms with Gasteiger partial charge in [0.25, 0.3) is 5.69 Å². The average Bonchev–Trinajstić information content (AvgIpc) is 2.63. The Balaban J connectivity index is 1.54. The molecule has 0 bridgehead atoms. The van der Waals surface area contributed by atoms with Crippen molar-refractivity contribution in [3.05, 3.63) is 57.8 Å². The van der Waals surface area contributed by atoms with Gasteiger partial charge in [-0.05, 0) is 24.6 Å². The van der Waals surface area contributed by atoms with E-state index in [1.165, 1.54) is 12.1 Å². The first-order chi connectivity index (χ1) is 12.0. The fourth-order valence-corrected chi connectivity index (χ4v) is 2.77. The van der Waals surface area contributed by atoms with Crippen molar-refractivity contribution < 1.29 is 9.72 Å². The zero-order chi connectivity index (χ0) is 17.8. The molecule has 0 spiro atoms. The highest BCUT2D eigenvalue weighted by molar-refractivity contribution is 5.79. The number of anilines is 1. The number of carbonyl (C=O) groups excluding carboxylic acids is 1. The van der Waals surface area contributed by atoms with E-state index < -0.39 is 4.92 Å². The number of aromatic nitrogens is 2. The molecule has 0 aliphatic carbocycles. The number of non-ortho nitro benzene ring substituents is 1. The molecule has 0 unspecified atom stereocenters. The third kappa shape index (κ3) is 4.09. The second kappa shape index (κ2) is 7.25. The number of amides is 1. The molecule has 1 amide bonds. The van der Waals surface area contributed by atoms with Gasteiger partial charge in [-0.1, -0.05) is 12.1 Å². The smallest absolute Gasteiger partial charge is 0.269 e. The maximum absolute atomic E-state index is 12.4. The number of nitro benzene ring substituents is 1. The first-order valence-corrected chi connectivity index (χ1v) is 8.09. The molecule has 1 aromatic carbocycles. The molecule has 8 heteroatoms. The van der Waals surface area contributed by atoms with Crippen molar-refractivity contribution in [1.29, 1.82) is 0 Å². The predicted molar refractivity (Wildman–Crippen MR) is 92.4 cm³/mol. The van der Waals surface area contributed by atoms with E-state index in [1.807, 2.05) is 24.0 Å². The van der Waals surface area contributed by atoms with Crippen molar-refractivity contribution in [2.24, 2.45) is 0 Å². The van der Waals surface area contributed by atoms with E-state index in [0.717, 1.165) is 17.1 Å². The first kappa shape index (κ1) is 16.8.